The second kappa shape index (κ2) is 10.0. The van der Waals surface area contributed by atoms with Crippen molar-refractivity contribution in [2.75, 3.05) is 39.2 Å². The van der Waals surface area contributed by atoms with Gasteiger partial charge in [-0.3, -0.25) is 0 Å². The highest BCUT2D eigenvalue weighted by Gasteiger charge is 2.20. The molecule has 0 rings (SSSR count). The number of carboxylic acids is 1. The van der Waals surface area contributed by atoms with E-state index in [0.717, 1.165) is 13.0 Å². The van der Waals surface area contributed by atoms with Crippen molar-refractivity contribution in [3.63, 3.8) is 0 Å². The molecule has 0 unspecified atom stereocenters. The zero-order chi connectivity index (χ0) is 14.0. The highest BCUT2D eigenvalue weighted by Crippen LogP contribution is 2.02. The summed E-state index contributed by atoms with van der Waals surface area (Å²) in [5, 5.41) is 14.5. The van der Waals surface area contributed by atoms with Crippen LogP contribution in [-0.4, -0.2) is 67.2 Å². The minimum Gasteiger partial charge on any atom is -0.480 e. The van der Waals surface area contributed by atoms with Crippen molar-refractivity contribution in [1.29, 1.82) is 0 Å². The number of carbonyl (C=O) groups excluding carboxylic acids is 1. The van der Waals surface area contributed by atoms with Gasteiger partial charge in [-0.05, 0) is 38.4 Å². The average molecular weight is 277 g/mol. The highest BCUT2D eigenvalue weighted by atomic mass is 32.2. The van der Waals surface area contributed by atoms with Gasteiger partial charge >= 0.3 is 12.0 Å². The van der Waals surface area contributed by atoms with Crippen LogP contribution in [0.1, 0.15) is 12.8 Å². The number of nitrogens with zero attached hydrogens (tertiary/aromatic N) is 1. The third-order valence-corrected chi connectivity index (χ3v) is 3.12. The van der Waals surface area contributed by atoms with Crippen LogP contribution in [0.2, 0.25) is 0 Å². The molecule has 18 heavy (non-hydrogen) atoms. The zero-order valence-electron chi connectivity index (χ0n) is 11.2. The van der Waals surface area contributed by atoms with Gasteiger partial charge in [0.15, 0.2) is 0 Å². The first kappa shape index (κ1) is 17.1. The number of carbonyl (C=O) groups is 2. The molecule has 0 bridgehead atoms. The zero-order valence-corrected chi connectivity index (χ0v) is 12.0. The van der Waals surface area contributed by atoms with Crippen molar-refractivity contribution in [3.05, 3.63) is 0 Å². The second-order valence-electron chi connectivity index (χ2n) is 4.00. The molecule has 0 aromatic rings. The summed E-state index contributed by atoms with van der Waals surface area (Å²) in [6.07, 6.45) is 3.18. The van der Waals surface area contributed by atoms with Gasteiger partial charge < -0.3 is 20.6 Å². The van der Waals surface area contributed by atoms with Crippen molar-refractivity contribution in [2.24, 2.45) is 0 Å². The van der Waals surface area contributed by atoms with Crippen LogP contribution < -0.4 is 10.6 Å². The molecule has 106 valence electrons. The van der Waals surface area contributed by atoms with Gasteiger partial charge in [-0.25, -0.2) is 9.59 Å². The quantitative estimate of drug-likeness (QED) is 0.533. The molecular weight excluding hydrogens is 254 g/mol. The fourth-order valence-corrected chi connectivity index (χ4v) is 1.82. The fourth-order valence-electron chi connectivity index (χ4n) is 1.35. The van der Waals surface area contributed by atoms with Gasteiger partial charge in [-0.2, -0.15) is 11.8 Å². The number of thioether (sulfide) groups is 1. The molecule has 6 nitrogen and oxygen atoms in total. The van der Waals surface area contributed by atoms with Gasteiger partial charge in [-0.1, -0.05) is 0 Å². The summed E-state index contributed by atoms with van der Waals surface area (Å²) >= 11 is 1.56. The van der Waals surface area contributed by atoms with Crippen molar-refractivity contribution < 1.29 is 14.7 Å². The Labute approximate surface area is 112 Å². The summed E-state index contributed by atoms with van der Waals surface area (Å²) in [4.78, 5) is 24.2. The van der Waals surface area contributed by atoms with Crippen LogP contribution >= 0.6 is 11.8 Å². The van der Waals surface area contributed by atoms with Gasteiger partial charge in [0.1, 0.15) is 6.04 Å². The van der Waals surface area contributed by atoms with Crippen LogP contribution in [0.15, 0.2) is 0 Å². The van der Waals surface area contributed by atoms with E-state index in [0.29, 0.717) is 18.7 Å². The molecule has 0 saturated carbocycles. The van der Waals surface area contributed by atoms with Gasteiger partial charge in [0, 0.05) is 13.6 Å². The molecule has 0 radical (unpaired) electrons. The number of aliphatic carboxylic acids is 1. The Morgan fingerprint density at radius 2 is 2.11 bits per heavy atom. The number of rotatable bonds is 9. The van der Waals surface area contributed by atoms with Crippen LogP contribution in [-0.2, 0) is 4.79 Å². The molecule has 0 aliphatic carbocycles. The summed E-state index contributed by atoms with van der Waals surface area (Å²) in [6, 6.07) is -1.14. The van der Waals surface area contributed by atoms with E-state index < -0.39 is 12.0 Å². The van der Waals surface area contributed by atoms with E-state index in [2.05, 4.69) is 10.6 Å². The maximum Gasteiger partial charge on any atom is 0.326 e. The van der Waals surface area contributed by atoms with E-state index in [9.17, 15) is 9.59 Å². The molecule has 0 saturated heterocycles. The summed E-state index contributed by atoms with van der Waals surface area (Å²) < 4.78 is 0. The third kappa shape index (κ3) is 7.39. The van der Waals surface area contributed by atoms with Crippen molar-refractivity contribution >= 4 is 23.8 Å². The minimum atomic E-state index is -0.985. The van der Waals surface area contributed by atoms with Crippen molar-refractivity contribution in [2.45, 2.75) is 18.9 Å². The maximum atomic E-state index is 11.7. The molecule has 0 aromatic heterocycles. The Morgan fingerprint density at radius 3 is 2.61 bits per heavy atom. The number of urea groups is 1. The summed E-state index contributed by atoms with van der Waals surface area (Å²) in [5.74, 6) is -0.276. The van der Waals surface area contributed by atoms with E-state index in [4.69, 9.17) is 5.11 Å². The molecule has 7 heteroatoms. The molecule has 2 amide bonds. The monoisotopic (exact) mass is 277 g/mol. The molecule has 0 spiro atoms. The molecule has 3 N–H and O–H groups in total. The van der Waals surface area contributed by atoms with Crippen LogP contribution in [0, 0.1) is 0 Å². The highest BCUT2D eigenvalue weighted by molar-refractivity contribution is 7.98. The lowest BCUT2D eigenvalue weighted by Gasteiger charge is -2.21. The largest absolute Gasteiger partial charge is 0.480 e. The molecule has 0 fully saturated rings. The molecule has 1 atom stereocenters. The second-order valence-corrected chi connectivity index (χ2v) is 4.99. The predicted molar refractivity (Wildman–Crippen MR) is 74.1 cm³/mol. The fraction of sp³-hybridized carbons (Fsp3) is 0.818. The first-order valence-corrected chi connectivity index (χ1v) is 7.30. The first-order chi connectivity index (χ1) is 8.52. The van der Waals surface area contributed by atoms with E-state index in [1.54, 1.807) is 18.8 Å². The van der Waals surface area contributed by atoms with Crippen molar-refractivity contribution in [1.82, 2.24) is 15.5 Å². The van der Waals surface area contributed by atoms with Crippen LogP contribution in [0.25, 0.3) is 0 Å². The lowest BCUT2D eigenvalue weighted by atomic mass is 10.2. The number of hydrogen-bond acceptors (Lipinski definition) is 4. The lowest BCUT2D eigenvalue weighted by molar-refractivity contribution is -0.139. The van der Waals surface area contributed by atoms with Gasteiger partial charge in [-0.15, -0.1) is 0 Å². The third-order valence-electron chi connectivity index (χ3n) is 2.47. The van der Waals surface area contributed by atoms with Crippen LogP contribution in [0.3, 0.4) is 0 Å². The van der Waals surface area contributed by atoms with E-state index in [-0.39, 0.29) is 6.03 Å². The Hall–Kier alpha value is -0.950. The van der Waals surface area contributed by atoms with Gasteiger partial charge in [0.05, 0.1) is 0 Å². The Kier molecular flexibility index (Phi) is 9.49. The average Bonchev–Trinajstić information content (AvgIpc) is 2.33. The number of amides is 2. The first-order valence-electron chi connectivity index (χ1n) is 5.90. The molecule has 0 aliphatic rings. The maximum absolute atomic E-state index is 11.7. The molecular formula is C11H23N3O3S. The van der Waals surface area contributed by atoms with Crippen molar-refractivity contribution in [3.8, 4) is 0 Å². The van der Waals surface area contributed by atoms with E-state index in [1.807, 2.05) is 13.3 Å². The topological polar surface area (TPSA) is 81.7 Å². The number of hydrogen-bond donors (Lipinski definition) is 3. The summed E-state index contributed by atoms with van der Waals surface area (Å²) in [7, 11) is 3.52. The smallest absolute Gasteiger partial charge is 0.326 e. The Balaban J connectivity index is 4.10. The van der Waals surface area contributed by atoms with Crippen LogP contribution in [0.5, 0.6) is 0 Å². The predicted octanol–water partition coefficient (Wildman–Crippen LogP) is 0.444. The van der Waals surface area contributed by atoms with E-state index >= 15 is 0 Å². The summed E-state index contributed by atoms with van der Waals surface area (Å²) in [5.41, 5.74) is 0. The van der Waals surface area contributed by atoms with E-state index in [1.165, 1.54) is 4.90 Å². The number of carboxylic acid groups (broad SMARTS) is 1. The standard InChI is InChI=1S/C11H23N3O3S/c1-12-6-4-7-14(2)11(17)13-9(10(15)16)5-8-18-3/h9,12H,4-8H2,1-3H3,(H,13,17)(H,15,16)/t9-/m0/s1. The Morgan fingerprint density at radius 1 is 1.44 bits per heavy atom. The lowest BCUT2D eigenvalue weighted by Crippen LogP contribution is -2.47. The SMILES string of the molecule is CNCCCN(C)C(=O)N[C@@H](CCSC)C(=O)O. The Bertz CT molecular complexity index is 264. The van der Waals surface area contributed by atoms with Gasteiger partial charge in [0.2, 0.25) is 0 Å². The molecule has 0 aromatic carbocycles. The van der Waals surface area contributed by atoms with Crippen LogP contribution in [0.4, 0.5) is 4.79 Å². The summed E-state index contributed by atoms with van der Waals surface area (Å²) in [6.45, 7) is 1.42. The molecule has 0 aliphatic heterocycles. The normalized spacial score (nSPS) is 11.9. The number of nitrogens with one attached hydrogen (secondary N) is 2. The van der Waals surface area contributed by atoms with Gasteiger partial charge in [0.25, 0.3) is 0 Å². The minimum absolute atomic E-state index is 0.334. The molecule has 0 heterocycles.